The van der Waals surface area contributed by atoms with Crippen molar-refractivity contribution in [3.8, 4) is 0 Å². The summed E-state index contributed by atoms with van der Waals surface area (Å²) >= 11 is 0. The maximum absolute atomic E-state index is 11.2. The van der Waals surface area contributed by atoms with Crippen LogP contribution in [0.25, 0.3) is 5.57 Å². The zero-order valence-electron chi connectivity index (χ0n) is 12.1. The smallest absolute Gasteiger partial charge is 0.178 e. The summed E-state index contributed by atoms with van der Waals surface area (Å²) in [4.78, 5) is 15.8. The molecule has 0 fully saturated rings. The van der Waals surface area contributed by atoms with E-state index < -0.39 is 0 Å². The molecule has 0 saturated heterocycles. The van der Waals surface area contributed by atoms with E-state index in [2.05, 4.69) is 11.6 Å². The first-order chi connectivity index (χ1) is 10.7. The fourth-order valence-corrected chi connectivity index (χ4v) is 2.28. The van der Waals surface area contributed by atoms with E-state index in [1.165, 1.54) is 12.2 Å². The van der Waals surface area contributed by atoms with Gasteiger partial charge >= 0.3 is 0 Å². The summed E-state index contributed by atoms with van der Waals surface area (Å²) in [6.45, 7) is 4.20. The van der Waals surface area contributed by atoms with Crippen molar-refractivity contribution in [3.63, 3.8) is 0 Å². The minimum atomic E-state index is -0.0130. The second kappa shape index (κ2) is 6.19. The predicted molar refractivity (Wildman–Crippen MR) is 91.4 cm³/mol. The van der Waals surface area contributed by atoms with Crippen molar-refractivity contribution in [1.82, 2.24) is 0 Å². The third kappa shape index (κ3) is 3.01. The van der Waals surface area contributed by atoms with E-state index >= 15 is 0 Å². The fraction of sp³-hybridized carbons (Fsp3) is 0. The van der Waals surface area contributed by atoms with Crippen LogP contribution in [-0.2, 0) is 4.79 Å². The van der Waals surface area contributed by atoms with Crippen LogP contribution in [0.4, 0.5) is 5.69 Å². The van der Waals surface area contributed by atoms with Gasteiger partial charge < -0.3 is 0 Å². The van der Waals surface area contributed by atoms with Crippen LogP contribution in [-0.4, -0.2) is 11.5 Å². The summed E-state index contributed by atoms with van der Waals surface area (Å²) in [5.41, 5.74) is 4.59. The molecule has 0 N–H and O–H groups in total. The number of hydrogen-bond donors (Lipinski definition) is 0. The highest BCUT2D eigenvalue weighted by molar-refractivity contribution is 6.17. The molecule has 0 spiro atoms. The monoisotopic (exact) mass is 285 g/mol. The molecule has 2 aromatic carbocycles. The standard InChI is InChI=1S/C20H15NO/c1-15(16-7-3-2-4-8-16)19-9-5-6-10-20(19)21-17-11-13-18(22)14-12-17/h2-14H,1H2. The van der Waals surface area contributed by atoms with E-state index in [1.54, 1.807) is 12.2 Å². The lowest BCUT2D eigenvalue weighted by atomic mass is 9.98. The van der Waals surface area contributed by atoms with Crippen LogP contribution >= 0.6 is 0 Å². The molecule has 0 unspecified atom stereocenters. The quantitative estimate of drug-likeness (QED) is 0.763. The van der Waals surface area contributed by atoms with Gasteiger partial charge in [0.05, 0.1) is 11.4 Å². The Hall–Kier alpha value is -3.00. The van der Waals surface area contributed by atoms with E-state index in [1.807, 2.05) is 54.6 Å². The second-order valence-electron chi connectivity index (χ2n) is 4.97. The molecule has 1 aliphatic rings. The molecule has 3 rings (SSSR count). The van der Waals surface area contributed by atoms with Gasteiger partial charge in [-0.2, -0.15) is 0 Å². The molecular weight excluding hydrogens is 270 g/mol. The van der Waals surface area contributed by atoms with Crippen LogP contribution in [0, 0.1) is 0 Å². The molecule has 0 atom stereocenters. The van der Waals surface area contributed by atoms with E-state index in [4.69, 9.17) is 0 Å². The van der Waals surface area contributed by atoms with Gasteiger partial charge in [0.1, 0.15) is 0 Å². The Kier molecular flexibility index (Phi) is 3.92. The molecule has 106 valence electrons. The van der Waals surface area contributed by atoms with Crippen molar-refractivity contribution in [2.75, 3.05) is 0 Å². The molecule has 2 nitrogen and oxygen atoms in total. The number of ketones is 1. The van der Waals surface area contributed by atoms with Crippen LogP contribution < -0.4 is 0 Å². The van der Waals surface area contributed by atoms with Crippen LogP contribution in [0.5, 0.6) is 0 Å². The van der Waals surface area contributed by atoms with Gasteiger partial charge in [-0.05, 0) is 41.5 Å². The predicted octanol–water partition coefficient (Wildman–Crippen LogP) is 4.52. The Morgan fingerprint density at radius 3 is 2.18 bits per heavy atom. The summed E-state index contributed by atoms with van der Waals surface area (Å²) in [7, 11) is 0. The summed E-state index contributed by atoms with van der Waals surface area (Å²) in [5.74, 6) is -0.0130. The Balaban J connectivity index is 1.99. The van der Waals surface area contributed by atoms with Gasteiger partial charge in [-0.3, -0.25) is 4.79 Å². The zero-order valence-corrected chi connectivity index (χ0v) is 12.1. The van der Waals surface area contributed by atoms with Crippen molar-refractivity contribution in [2.45, 2.75) is 0 Å². The van der Waals surface area contributed by atoms with Crippen molar-refractivity contribution in [3.05, 3.63) is 96.6 Å². The Morgan fingerprint density at radius 1 is 0.818 bits per heavy atom. The maximum Gasteiger partial charge on any atom is 0.178 e. The summed E-state index contributed by atoms with van der Waals surface area (Å²) < 4.78 is 0. The molecular formula is C20H15NO. The number of carbonyl (C=O) groups excluding carboxylic acids is 1. The summed E-state index contributed by atoms with van der Waals surface area (Å²) in [6, 6.07) is 17.9. The number of allylic oxidation sites excluding steroid dienone is 4. The van der Waals surface area contributed by atoms with Gasteiger partial charge in [-0.25, -0.2) is 4.99 Å². The molecule has 2 aromatic rings. The van der Waals surface area contributed by atoms with Crippen molar-refractivity contribution >= 4 is 22.8 Å². The number of para-hydroxylation sites is 1. The lowest BCUT2D eigenvalue weighted by molar-refractivity contribution is -0.110. The average molecular weight is 285 g/mol. The molecule has 0 bridgehead atoms. The topological polar surface area (TPSA) is 29.4 Å². The number of nitrogens with zero attached hydrogens (tertiary/aromatic N) is 1. The van der Waals surface area contributed by atoms with Crippen molar-refractivity contribution in [2.24, 2.45) is 4.99 Å². The fourth-order valence-electron chi connectivity index (χ4n) is 2.28. The van der Waals surface area contributed by atoms with Crippen molar-refractivity contribution < 1.29 is 4.79 Å². The third-order valence-electron chi connectivity index (χ3n) is 3.44. The average Bonchev–Trinajstić information content (AvgIpc) is 2.58. The SMILES string of the molecule is C=C(c1ccccc1)c1ccccc1N=C1C=CC(=O)C=C1. The number of benzene rings is 2. The van der Waals surface area contributed by atoms with Gasteiger partial charge in [-0.15, -0.1) is 0 Å². The molecule has 2 heteroatoms. The molecule has 0 saturated carbocycles. The lowest BCUT2D eigenvalue weighted by Crippen LogP contribution is -1.99. The number of carbonyl (C=O) groups is 1. The number of rotatable bonds is 3. The molecule has 0 amide bonds. The first-order valence-electron chi connectivity index (χ1n) is 7.06. The number of hydrogen-bond acceptors (Lipinski definition) is 2. The van der Waals surface area contributed by atoms with Gasteiger partial charge in [-0.1, -0.05) is 55.1 Å². The van der Waals surface area contributed by atoms with Gasteiger partial charge in [0.15, 0.2) is 5.78 Å². The van der Waals surface area contributed by atoms with E-state index in [-0.39, 0.29) is 5.78 Å². The van der Waals surface area contributed by atoms with Gasteiger partial charge in [0.25, 0.3) is 0 Å². The maximum atomic E-state index is 11.2. The molecule has 1 aliphatic carbocycles. The summed E-state index contributed by atoms with van der Waals surface area (Å²) in [6.07, 6.45) is 6.50. The molecule has 0 radical (unpaired) electrons. The normalized spacial score (nSPS) is 13.3. The highest BCUT2D eigenvalue weighted by Gasteiger charge is 2.08. The lowest BCUT2D eigenvalue weighted by Gasteiger charge is -2.10. The highest BCUT2D eigenvalue weighted by Crippen LogP contribution is 2.30. The Bertz CT molecular complexity index is 793. The van der Waals surface area contributed by atoms with Crippen LogP contribution in [0.15, 0.2) is 90.5 Å². The van der Waals surface area contributed by atoms with Gasteiger partial charge in [0, 0.05) is 5.56 Å². The van der Waals surface area contributed by atoms with E-state index in [0.29, 0.717) is 0 Å². The first kappa shape index (κ1) is 14.0. The minimum absolute atomic E-state index is 0.0130. The van der Waals surface area contributed by atoms with Crippen LogP contribution in [0.1, 0.15) is 11.1 Å². The van der Waals surface area contributed by atoms with E-state index in [0.717, 1.165) is 28.1 Å². The summed E-state index contributed by atoms with van der Waals surface area (Å²) in [5, 5.41) is 0. The molecule has 0 heterocycles. The van der Waals surface area contributed by atoms with Gasteiger partial charge in [0.2, 0.25) is 0 Å². The largest absolute Gasteiger partial charge is 0.290 e. The molecule has 0 aromatic heterocycles. The zero-order chi connectivity index (χ0) is 15.4. The second-order valence-corrected chi connectivity index (χ2v) is 4.97. The van der Waals surface area contributed by atoms with E-state index in [9.17, 15) is 4.79 Å². The minimum Gasteiger partial charge on any atom is -0.290 e. The Labute approximate surface area is 129 Å². The van der Waals surface area contributed by atoms with Crippen molar-refractivity contribution in [1.29, 1.82) is 0 Å². The number of aliphatic imine (C=N–C) groups is 1. The molecule has 22 heavy (non-hydrogen) atoms. The highest BCUT2D eigenvalue weighted by atomic mass is 16.1. The van der Waals surface area contributed by atoms with Crippen LogP contribution in [0.3, 0.4) is 0 Å². The first-order valence-corrected chi connectivity index (χ1v) is 7.06. The Morgan fingerprint density at radius 2 is 1.45 bits per heavy atom. The third-order valence-corrected chi connectivity index (χ3v) is 3.44. The van der Waals surface area contributed by atoms with Crippen LogP contribution in [0.2, 0.25) is 0 Å². The molecule has 0 aliphatic heterocycles.